The van der Waals surface area contributed by atoms with Crippen LogP contribution in [0.4, 0.5) is 17.2 Å². The molecule has 2 fully saturated rings. The van der Waals surface area contributed by atoms with Gasteiger partial charge in [0, 0.05) is 44.7 Å². The van der Waals surface area contributed by atoms with E-state index in [4.69, 9.17) is 10.5 Å². The molecule has 1 saturated carbocycles. The number of phenolic OH excluding ortho intramolecular Hbond substituents is 1. The van der Waals surface area contributed by atoms with Gasteiger partial charge in [-0.15, -0.1) is 10.2 Å². The molecule has 1 unspecified atom stereocenters. The molecule has 0 bridgehead atoms. The summed E-state index contributed by atoms with van der Waals surface area (Å²) in [6, 6.07) is 13.3. The number of phenols is 1. The molecule has 1 saturated heterocycles. The first-order chi connectivity index (χ1) is 16.6. The minimum absolute atomic E-state index is 0.184. The maximum Gasteiger partial charge on any atom is 0.215 e. The van der Waals surface area contributed by atoms with Crippen molar-refractivity contribution in [3.8, 4) is 22.9 Å². The maximum atomic E-state index is 10.3. The molecule has 1 aliphatic carbocycles. The zero-order valence-electron chi connectivity index (χ0n) is 19.5. The Morgan fingerprint density at radius 3 is 2.76 bits per heavy atom. The first-order valence-corrected chi connectivity index (χ1v) is 13.6. The van der Waals surface area contributed by atoms with Crippen LogP contribution in [0.5, 0.6) is 11.6 Å². The van der Waals surface area contributed by atoms with Crippen molar-refractivity contribution in [2.24, 2.45) is 0 Å². The minimum Gasteiger partial charge on any atom is -0.507 e. The van der Waals surface area contributed by atoms with E-state index in [9.17, 15) is 5.11 Å². The molecule has 0 amide bonds. The number of anilines is 3. The van der Waals surface area contributed by atoms with Crippen LogP contribution in [0, 0.1) is 0 Å². The number of nitrogens with zero attached hydrogens (tertiary/aromatic N) is 5. The predicted octanol–water partition coefficient (Wildman–Crippen LogP) is 4.85. The van der Waals surface area contributed by atoms with Crippen LogP contribution >= 0.6 is 8.07 Å². The second kappa shape index (κ2) is 10.0. The van der Waals surface area contributed by atoms with Gasteiger partial charge >= 0.3 is 0 Å². The third-order valence-electron chi connectivity index (χ3n) is 6.42. The summed E-state index contributed by atoms with van der Waals surface area (Å²) < 4.78 is 8.58. The van der Waals surface area contributed by atoms with E-state index in [2.05, 4.69) is 43.8 Å². The van der Waals surface area contributed by atoms with Crippen molar-refractivity contribution in [2.75, 3.05) is 40.8 Å². The molecule has 2 aromatic heterocycles. The van der Waals surface area contributed by atoms with Crippen LogP contribution < -0.4 is 20.0 Å². The Balaban J connectivity index is 1.37. The molecule has 2 aliphatic rings. The van der Waals surface area contributed by atoms with Gasteiger partial charge in [0.25, 0.3) is 0 Å². The van der Waals surface area contributed by atoms with Crippen LogP contribution in [0.1, 0.15) is 32.6 Å². The lowest BCUT2D eigenvalue weighted by atomic mass is 9.96. The molecule has 34 heavy (non-hydrogen) atoms. The fourth-order valence-corrected chi connectivity index (χ4v) is 6.95. The van der Waals surface area contributed by atoms with E-state index in [1.807, 2.05) is 24.4 Å². The molecule has 3 heterocycles. The number of hydrogen-bond donors (Lipinski definition) is 2. The van der Waals surface area contributed by atoms with E-state index in [0.29, 0.717) is 23.2 Å². The SMILES string of the molecule is CCCP1CN(c2cc(-c3ccccc3O)nnc2N)CCN1c1ccnc(OC2CCC2)c1. The third kappa shape index (κ3) is 4.73. The lowest BCUT2D eigenvalue weighted by Gasteiger charge is -2.43. The summed E-state index contributed by atoms with van der Waals surface area (Å²) in [5.74, 6) is 1.33. The molecule has 8 nitrogen and oxygen atoms in total. The van der Waals surface area contributed by atoms with Crippen molar-refractivity contribution >= 4 is 25.3 Å². The van der Waals surface area contributed by atoms with Crippen LogP contribution in [0.2, 0.25) is 0 Å². The average Bonchev–Trinajstić information content (AvgIpc) is 2.83. The molecular weight excluding hydrogens is 447 g/mol. The van der Waals surface area contributed by atoms with Crippen molar-refractivity contribution in [3.63, 3.8) is 0 Å². The first kappa shape index (κ1) is 22.7. The van der Waals surface area contributed by atoms with Crippen molar-refractivity contribution in [3.05, 3.63) is 48.7 Å². The van der Waals surface area contributed by atoms with Crippen LogP contribution in [-0.4, -0.2) is 51.9 Å². The highest BCUT2D eigenvalue weighted by molar-refractivity contribution is 7.59. The molecular formula is C25H31N6O2P. The van der Waals surface area contributed by atoms with E-state index in [1.165, 1.54) is 12.1 Å². The van der Waals surface area contributed by atoms with E-state index < -0.39 is 8.07 Å². The monoisotopic (exact) mass is 478 g/mol. The van der Waals surface area contributed by atoms with Gasteiger partial charge in [0.05, 0.1) is 17.7 Å². The Morgan fingerprint density at radius 1 is 1.15 bits per heavy atom. The molecule has 3 N–H and O–H groups in total. The minimum atomic E-state index is -0.457. The molecule has 3 aromatic rings. The second-order valence-electron chi connectivity index (χ2n) is 8.80. The van der Waals surface area contributed by atoms with E-state index in [-0.39, 0.29) is 5.75 Å². The lowest BCUT2D eigenvalue weighted by Crippen LogP contribution is -2.42. The molecule has 0 radical (unpaired) electrons. The summed E-state index contributed by atoms with van der Waals surface area (Å²) in [6.45, 7) is 3.93. The highest BCUT2D eigenvalue weighted by atomic mass is 31.1. The van der Waals surface area contributed by atoms with E-state index >= 15 is 0 Å². The third-order valence-corrected chi connectivity index (χ3v) is 9.16. The number of nitrogens with two attached hydrogens (primary N) is 1. The van der Waals surface area contributed by atoms with E-state index in [1.54, 1.807) is 12.1 Å². The van der Waals surface area contributed by atoms with Gasteiger partial charge in [-0.3, -0.25) is 0 Å². The molecule has 5 rings (SSSR count). The standard InChI is InChI=1S/C25H31N6O2P/c1-2-14-34-17-30(22-16-21(28-29-25(22)26)20-8-3-4-9-23(20)32)12-13-31(34)18-10-11-27-24(15-18)33-19-6-5-7-19/h3-4,8-11,15-16,19,32H,2,5-7,12-14,17H2,1H3,(H2,26,29). The Morgan fingerprint density at radius 2 is 2.00 bits per heavy atom. The predicted molar refractivity (Wildman–Crippen MR) is 138 cm³/mol. The van der Waals surface area contributed by atoms with Gasteiger partial charge in [0.15, 0.2) is 5.82 Å². The van der Waals surface area contributed by atoms with Crippen LogP contribution in [0.25, 0.3) is 11.3 Å². The van der Waals surface area contributed by atoms with Gasteiger partial charge in [-0.1, -0.05) is 25.5 Å². The zero-order valence-corrected chi connectivity index (χ0v) is 20.4. The number of benzene rings is 1. The van der Waals surface area contributed by atoms with Crippen molar-refractivity contribution in [1.82, 2.24) is 15.2 Å². The number of ether oxygens (including phenoxy) is 1. The van der Waals surface area contributed by atoms with Gasteiger partial charge in [0.2, 0.25) is 5.88 Å². The van der Waals surface area contributed by atoms with Crippen LogP contribution in [0.3, 0.4) is 0 Å². The number of aromatic nitrogens is 3. The molecule has 0 spiro atoms. The molecule has 1 atom stereocenters. The first-order valence-electron chi connectivity index (χ1n) is 11.9. The summed E-state index contributed by atoms with van der Waals surface area (Å²) >= 11 is 0. The zero-order chi connectivity index (χ0) is 23.5. The van der Waals surface area contributed by atoms with Crippen LogP contribution in [0.15, 0.2) is 48.7 Å². The normalized spacial score (nSPS) is 18.6. The summed E-state index contributed by atoms with van der Waals surface area (Å²) in [7, 11) is -0.457. The van der Waals surface area contributed by atoms with Crippen molar-refractivity contribution < 1.29 is 9.84 Å². The van der Waals surface area contributed by atoms with E-state index in [0.717, 1.165) is 56.4 Å². The van der Waals surface area contributed by atoms with Crippen LogP contribution in [-0.2, 0) is 0 Å². The summed E-state index contributed by atoms with van der Waals surface area (Å²) in [6.07, 6.45) is 8.79. The molecule has 178 valence electrons. The largest absolute Gasteiger partial charge is 0.507 e. The number of rotatable bonds is 7. The molecule has 1 aromatic carbocycles. The Kier molecular flexibility index (Phi) is 6.68. The summed E-state index contributed by atoms with van der Waals surface area (Å²) in [4.78, 5) is 6.76. The number of nitrogen functional groups attached to an aromatic ring is 1. The van der Waals surface area contributed by atoms with Gasteiger partial charge in [-0.25, -0.2) is 4.98 Å². The smallest absolute Gasteiger partial charge is 0.215 e. The fourth-order valence-electron chi connectivity index (χ4n) is 4.39. The van der Waals surface area contributed by atoms with Gasteiger partial charge in [0.1, 0.15) is 11.9 Å². The Bertz CT molecular complexity index is 1140. The Labute approximate surface area is 201 Å². The van der Waals surface area contributed by atoms with Gasteiger partial charge < -0.3 is 25.1 Å². The van der Waals surface area contributed by atoms with Crippen molar-refractivity contribution in [1.29, 1.82) is 0 Å². The number of aromatic hydroxyl groups is 1. The van der Waals surface area contributed by atoms with Crippen molar-refractivity contribution in [2.45, 2.75) is 38.7 Å². The molecule has 9 heteroatoms. The maximum absolute atomic E-state index is 10.3. The quantitative estimate of drug-likeness (QED) is 0.465. The number of para-hydroxylation sites is 1. The van der Waals surface area contributed by atoms with Gasteiger partial charge in [-0.2, -0.15) is 0 Å². The highest BCUT2D eigenvalue weighted by Crippen LogP contribution is 2.49. The highest BCUT2D eigenvalue weighted by Gasteiger charge is 2.29. The Hall–Kier alpha value is -3.12. The topological polar surface area (TPSA) is 101 Å². The lowest BCUT2D eigenvalue weighted by molar-refractivity contribution is 0.115. The summed E-state index contributed by atoms with van der Waals surface area (Å²) in [5.41, 5.74) is 9.61. The number of pyridine rings is 1. The second-order valence-corrected chi connectivity index (χ2v) is 11.0. The summed E-state index contributed by atoms with van der Waals surface area (Å²) in [5, 5.41) is 18.7. The fraction of sp³-hybridized carbons (Fsp3) is 0.400. The number of hydrogen-bond acceptors (Lipinski definition) is 8. The van der Waals surface area contributed by atoms with Gasteiger partial charge in [-0.05, 0) is 49.7 Å². The average molecular weight is 479 g/mol. The molecule has 1 aliphatic heterocycles.